The summed E-state index contributed by atoms with van der Waals surface area (Å²) in [4.78, 5) is 41.8. The summed E-state index contributed by atoms with van der Waals surface area (Å²) in [6.45, 7) is 8.49. The molecule has 0 fully saturated rings. The zero-order chi connectivity index (χ0) is 22.5. The van der Waals surface area contributed by atoms with Gasteiger partial charge in [0, 0.05) is 17.1 Å². The minimum absolute atomic E-state index is 0.0531. The molecule has 0 spiro atoms. The van der Waals surface area contributed by atoms with E-state index >= 15 is 0 Å². The molecule has 0 aliphatic carbocycles. The van der Waals surface area contributed by atoms with Gasteiger partial charge in [0.1, 0.15) is 17.3 Å². The second-order valence-corrected chi connectivity index (χ2v) is 7.65. The van der Waals surface area contributed by atoms with Crippen LogP contribution >= 0.6 is 0 Å². The van der Waals surface area contributed by atoms with Crippen molar-refractivity contribution in [3.05, 3.63) is 30.0 Å². The van der Waals surface area contributed by atoms with E-state index in [0.717, 1.165) is 0 Å². The maximum absolute atomic E-state index is 13.2. The first-order valence-electron chi connectivity index (χ1n) is 9.84. The van der Waals surface area contributed by atoms with E-state index in [1.807, 2.05) is 0 Å². The Morgan fingerprint density at radius 3 is 2.10 bits per heavy atom. The number of nitrogens with one attached hydrogen (secondary N) is 1. The van der Waals surface area contributed by atoms with E-state index in [-0.39, 0.29) is 13.2 Å². The smallest absolute Gasteiger partial charge is 0.321 e. The van der Waals surface area contributed by atoms with Crippen LogP contribution in [0.4, 0.5) is 0 Å². The van der Waals surface area contributed by atoms with E-state index in [1.54, 1.807) is 59.0 Å². The summed E-state index contributed by atoms with van der Waals surface area (Å²) >= 11 is 0. The lowest BCUT2D eigenvalue weighted by Gasteiger charge is -2.27. The van der Waals surface area contributed by atoms with Gasteiger partial charge in [0.25, 0.3) is 0 Å². The molecule has 0 aliphatic heterocycles. The van der Waals surface area contributed by atoms with Gasteiger partial charge in [0.05, 0.1) is 20.3 Å². The molecule has 0 bridgehead atoms. The molecule has 8 heteroatoms. The molecule has 1 N–H and O–H groups in total. The molecule has 2 rings (SSSR count). The number of hydrogen-bond acceptors (Lipinski definition) is 7. The average molecular weight is 419 g/mol. The molecular formula is C22H29NO7. The number of H-pyrrole nitrogens is 1. The molecule has 8 nitrogen and oxygen atoms in total. The van der Waals surface area contributed by atoms with Crippen LogP contribution in [0.3, 0.4) is 0 Å². The topological polar surface area (TPSA) is 104 Å². The van der Waals surface area contributed by atoms with Gasteiger partial charge in [-0.25, -0.2) is 0 Å². The number of hydrogen-bond donors (Lipinski definition) is 1. The number of methoxy groups -OCH3 is 1. The molecular weight excluding hydrogens is 390 g/mol. The van der Waals surface area contributed by atoms with Crippen molar-refractivity contribution in [2.24, 2.45) is 5.92 Å². The number of rotatable bonds is 8. The summed E-state index contributed by atoms with van der Waals surface area (Å²) in [6.07, 6.45) is 1.59. The third-order valence-corrected chi connectivity index (χ3v) is 4.33. The molecule has 0 saturated heterocycles. The highest BCUT2D eigenvalue weighted by Crippen LogP contribution is 2.36. The van der Waals surface area contributed by atoms with Crippen LogP contribution in [-0.4, -0.2) is 48.8 Å². The van der Waals surface area contributed by atoms with Crippen LogP contribution in [0.25, 0.3) is 10.9 Å². The van der Waals surface area contributed by atoms with Crippen LogP contribution in [0.2, 0.25) is 0 Å². The average Bonchev–Trinajstić information content (AvgIpc) is 3.07. The fourth-order valence-corrected chi connectivity index (χ4v) is 3.15. The van der Waals surface area contributed by atoms with Gasteiger partial charge in [-0.2, -0.15) is 0 Å². The molecule has 1 aromatic carbocycles. The molecule has 0 radical (unpaired) electrons. The molecule has 0 aliphatic rings. The molecule has 1 atom stereocenters. The van der Waals surface area contributed by atoms with Gasteiger partial charge in [-0.05, 0) is 58.4 Å². The van der Waals surface area contributed by atoms with Crippen molar-refractivity contribution < 1.29 is 33.3 Å². The Bertz CT molecular complexity index is 892. The van der Waals surface area contributed by atoms with Crippen molar-refractivity contribution in [1.29, 1.82) is 0 Å². The fraction of sp³-hybridized carbons (Fsp3) is 0.500. The van der Waals surface area contributed by atoms with Gasteiger partial charge in [-0.15, -0.1) is 0 Å². The second-order valence-electron chi connectivity index (χ2n) is 7.65. The third-order valence-electron chi connectivity index (χ3n) is 4.33. The van der Waals surface area contributed by atoms with Gasteiger partial charge in [0.2, 0.25) is 0 Å². The Kier molecular flexibility index (Phi) is 7.48. The fourth-order valence-electron chi connectivity index (χ4n) is 3.15. The largest absolute Gasteiger partial charge is 0.497 e. The van der Waals surface area contributed by atoms with Crippen LogP contribution in [0.5, 0.6) is 5.75 Å². The normalized spacial score (nSPS) is 12.5. The summed E-state index contributed by atoms with van der Waals surface area (Å²) in [5.41, 5.74) is 0.308. The van der Waals surface area contributed by atoms with Crippen LogP contribution in [0, 0.1) is 5.92 Å². The van der Waals surface area contributed by atoms with Gasteiger partial charge in [-0.1, -0.05) is 0 Å². The number of aromatic nitrogens is 1. The zero-order valence-corrected chi connectivity index (χ0v) is 18.2. The van der Waals surface area contributed by atoms with Crippen molar-refractivity contribution in [2.75, 3.05) is 20.3 Å². The van der Waals surface area contributed by atoms with E-state index in [9.17, 15) is 14.4 Å². The van der Waals surface area contributed by atoms with Crippen molar-refractivity contribution >= 4 is 28.8 Å². The lowest BCUT2D eigenvalue weighted by atomic mass is 9.85. The Morgan fingerprint density at radius 2 is 1.60 bits per heavy atom. The van der Waals surface area contributed by atoms with Crippen LogP contribution in [-0.2, 0) is 28.6 Å². The van der Waals surface area contributed by atoms with E-state index in [1.165, 1.54) is 7.11 Å². The standard InChI is InChI=1S/C22H29NO7/c1-7-28-19(24)18(20(25)29-8-2)17(21(26)30-22(3,4)5)15-12-23-16-10-9-13(27-6)11-14(15)16/h9-12,17-18,23H,7-8H2,1-6H3/t17-/m0/s1. The molecule has 0 unspecified atom stereocenters. The lowest BCUT2D eigenvalue weighted by molar-refractivity contribution is -0.172. The van der Waals surface area contributed by atoms with E-state index in [2.05, 4.69) is 4.98 Å². The monoisotopic (exact) mass is 419 g/mol. The Balaban J connectivity index is 2.68. The number of aromatic amines is 1. The predicted octanol–water partition coefficient (Wildman–Crippen LogP) is 3.34. The minimum atomic E-state index is -1.51. The number of ether oxygens (including phenoxy) is 4. The first kappa shape index (κ1) is 23.3. The predicted molar refractivity (Wildman–Crippen MR) is 110 cm³/mol. The summed E-state index contributed by atoms with van der Waals surface area (Å²) < 4.78 is 21.1. The summed E-state index contributed by atoms with van der Waals surface area (Å²) in [5, 5.41) is 0.629. The van der Waals surface area contributed by atoms with Crippen LogP contribution < -0.4 is 4.74 Å². The molecule has 1 heterocycles. The summed E-state index contributed by atoms with van der Waals surface area (Å²) in [6, 6.07) is 5.28. The van der Waals surface area contributed by atoms with Gasteiger partial charge < -0.3 is 23.9 Å². The lowest BCUT2D eigenvalue weighted by Crippen LogP contribution is -2.39. The highest BCUT2D eigenvalue weighted by molar-refractivity contribution is 6.03. The van der Waals surface area contributed by atoms with Crippen LogP contribution in [0.1, 0.15) is 46.1 Å². The highest BCUT2D eigenvalue weighted by Gasteiger charge is 2.45. The maximum atomic E-state index is 13.2. The van der Waals surface area contributed by atoms with Crippen molar-refractivity contribution in [2.45, 2.75) is 46.1 Å². The Labute approximate surface area is 175 Å². The maximum Gasteiger partial charge on any atom is 0.321 e. The van der Waals surface area contributed by atoms with Gasteiger partial charge >= 0.3 is 17.9 Å². The number of carbonyl (C=O) groups excluding carboxylic acids is 3. The molecule has 2 aromatic rings. The molecule has 0 saturated carbocycles. The number of esters is 3. The summed E-state index contributed by atoms with van der Waals surface area (Å²) in [5.74, 6) is -4.62. The molecule has 0 amide bonds. The Hall–Kier alpha value is -3.03. The number of carbonyl (C=O) groups is 3. The number of benzene rings is 1. The van der Waals surface area contributed by atoms with E-state index < -0.39 is 35.3 Å². The van der Waals surface area contributed by atoms with E-state index in [0.29, 0.717) is 22.2 Å². The first-order valence-corrected chi connectivity index (χ1v) is 9.84. The van der Waals surface area contributed by atoms with E-state index in [4.69, 9.17) is 18.9 Å². The quantitative estimate of drug-likeness (QED) is 0.397. The van der Waals surface area contributed by atoms with Crippen LogP contribution in [0.15, 0.2) is 24.4 Å². The number of fused-ring (bicyclic) bond motifs is 1. The minimum Gasteiger partial charge on any atom is -0.497 e. The third kappa shape index (κ3) is 5.31. The van der Waals surface area contributed by atoms with Crippen molar-refractivity contribution in [3.8, 4) is 5.75 Å². The molecule has 1 aromatic heterocycles. The molecule has 164 valence electrons. The SMILES string of the molecule is CCOC(=O)C(C(=O)OCC)[C@@H](C(=O)OC(C)(C)C)c1c[nH]c2ccc(OC)cc12. The summed E-state index contributed by atoms with van der Waals surface area (Å²) in [7, 11) is 1.53. The van der Waals surface area contributed by atoms with Gasteiger partial charge in [-0.3, -0.25) is 14.4 Å². The van der Waals surface area contributed by atoms with Gasteiger partial charge in [0.15, 0.2) is 5.92 Å². The first-order chi connectivity index (χ1) is 14.1. The highest BCUT2D eigenvalue weighted by atomic mass is 16.6. The van der Waals surface area contributed by atoms with Crippen molar-refractivity contribution in [3.63, 3.8) is 0 Å². The zero-order valence-electron chi connectivity index (χ0n) is 18.2. The Morgan fingerprint density at radius 1 is 1.00 bits per heavy atom. The van der Waals surface area contributed by atoms with Crippen molar-refractivity contribution in [1.82, 2.24) is 4.98 Å². The second kappa shape index (κ2) is 9.65. The molecule has 30 heavy (non-hydrogen) atoms.